The van der Waals surface area contributed by atoms with Gasteiger partial charge in [-0.15, -0.1) is 0 Å². The number of hydrogen-bond acceptors (Lipinski definition) is 4. The second-order valence-corrected chi connectivity index (χ2v) is 9.95. The summed E-state index contributed by atoms with van der Waals surface area (Å²) >= 11 is 9.88. The van der Waals surface area contributed by atoms with E-state index in [1.807, 2.05) is 51.6 Å². The van der Waals surface area contributed by atoms with Crippen LogP contribution in [0.5, 0.6) is 0 Å². The van der Waals surface area contributed by atoms with Crippen LogP contribution in [0.15, 0.2) is 16.7 Å². The second kappa shape index (κ2) is 12.4. The fraction of sp³-hybridized carbons (Fsp3) is 0.522. The highest BCUT2D eigenvalue weighted by Gasteiger charge is 2.30. The molecule has 0 aromatic carbocycles. The third-order valence-electron chi connectivity index (χ3n) is 5.29. The van der Waals surface area contributed by atoms with Crippen LogP contribution in [0.25, 0.3) is 11.3 Å². The van der Waals surface area contributed by atoms with Gasteiger partial charge in [-0.3, -0.25) is 0 Å². The van der Waals surface area contributed by atoms with Gasteiger partial charge in [0.2, 0.25) is 0 Å². The van der Waals surface area contributed by atoms with Gasteiger partial charge >= 0.3 is 12.2 Å². The first-order valence-electron chi connectivity index (χ1n) is 11.0. The molecule has 2 N–H and O–H groups in total. The Morgan fingerprint density at radius 1 is 1.12 bits per heavy atom. The van der Waals surface area contributed by atoms with Crippen LogP contribution in [0, 0.1) is 0 Å². The van der Waals surface area contributed by atoms with Crippen LogP contribution in [-0.4, -0.2) is 28.8 Å². The zero-order valence-corrected chi connectivity index (χ0v) is 24.5. The smallest absolute Gasteiger partial charge is 0.407 e. The number of pyridine rings is 1. The number of rotatable bonds is 7. The fourth-order valence-electron chi connectivity index (χ4n) is 4.00. The van der Waals surface area contributed by atoms with E-state index in [1.54, 1.807) is 0 Å². The summed E-state index contributed by atoms with van der Waals surface area (Å²) in [5.41, 5.74) is 4.68. The molecule has 0 saturated carbocycles. The van der Waals surface area contributed by atoms with Crippen molar-refractivity contribution in [3.05, 3.63) is 38.7 Å². The maximum atomic E-state index is 12.2. The molecule has 0 spiro atoms. The summed E-state index contributed by atoms with van der Waals surface area (Å²) < 4.78 is 15.9. The van der Waals surface area contributed by atoms with Gasteiger partial charge in [0.1, 0.15) is 24.7 Å². The molecule has 0 saturated heterocycles. The van der Waals surface area contributed by atoms with Crippen molar-refractivity contribution in [2.45, 2.75) is 72.4 Å². The predicted octanol–water partition coefficient (Wildman–Crippen LogP) is 1.61. The zero-order valence-electron chi connectivity index (χ0n) is 20.0. The summed E-state index contributed by atoms with van der Waals surface area (Å²) in [4.78, 5) is 24.4. The summed E-state index contributed by atoms with van der Waals surface area (Å²) in [5.74, 6) is 0. The molecule has 2 aromatic rings. The van der Waals surface area contributed by atoms with Crippen LogP contribution in [0.3, 0.4) is 0 Å². The molecule has 1 aliphatic heterocycles. The van der Waals surface area contributed by atoms with Crippen molar-refractivity contribution in [2.24, 2.45) is 7.05 Å². The average Bonchev–Trinajstić information content (AvgIpc) is 3.28. The van der Waals surface area contributed by atoms with E-state index in [1.165, 1.54) is 0 Å². The molecule has 2 aromatic heterocycles. The van der Waals surface area contributed by atoms with E-state index in [2.05, 4.69) is 31.1 Å². The highest BCUT2D eigenvalue weighted by Crippen LogP contribution is 2.38. The normalized spacial score (nSPS) is 12.4. The molecule has 188 valence electrons. The Morgan fingerprint density at radius 2 is 1.68 bits per heavy atom. The Balaban J connectivity index is 0.00000408. The summed E-state index contributed by atoms with van der Waals surface area (Å²) in [5, 5.41) is 6.07. The Kier molecular flexibility index (Phi) is 10.5. The van der Waals surface area contributed by atoms with Gasteiger partial charge in [-0.1, -0.05) is 0 Å². The van der Waals surface area contributed by atoms with Crippen LogP contribution in [-0.2, 0) is 42.7 Å². The van der Waals surface area contributed by atoms with E-state index in [9.17, 15) is 9.59 Å². The number of fused-ring (bicyclic) bond motifs is 1. The fourth-order valence-corrected chi connectivity index (χ4v) is 4.63. The highest BCUT2D eigenvalue weighted by molar-refractivity contribution is 9.10. The molecular weight excluding hydrogens is 639 g/mol. The number of ether oxygens (including phenoxy) is 2. The quantitative estimate of drug-likeness (QED) is 0.267. The van der Waals surface area contributed by atoms with Crippen molar-refractivity contribution < 1.29 is 47.6 Å². The van der Waals surface area contributed by atoms with E-state index in [-0.39, 0.29) is 49.3 Å². The molecular formula is C23H31BrClIN4O4. The van der Waals surface area contributed by atoms with Crippen LogP contribution in [0.4, 0.5) is 9.59 Å². The van der Waals surface area contributed by atoms with Gasteiger partial charge in [0.15, 0.2) is 6.20 Å². The topological polar surface area (TPSA) is 85.5 Å². The molecule has 3 heterocycles. The molecule has 34 heavy (non-hydrogen) atoms. The van der Waals surface area contributed by atoms with Gasteiger partial charge in [0.25, 0.3) is 5.15 Å². The van der Waals surface area contributed by atoms with E-state index in [4.69, 9.17) is 21.1 Å². The van der Waals surface area contributed by atoms with E-state index in [0.29, 0.717) is 5.15 Å². The first-order valence-corrected chi connectivity index (χ1v) is 12.2. The number of aromatic nitrogens is 2. The minimum atomic E-state index is -0.491. The van der Waals surface area contributed by atoms with Crippen molar-refractivity contribution in [1.82, 2.24) is 15.2 Å². The molecule has 0 fully saturated rings. The maximum Gasteiger partial charge on any atom is 0.407 e. The van der Waals surface area contributed by atoms with Crippen LogP contribution < -0.4 is 39.2 Å². The average molecular weight is 670 g/mol. The lowest BCUT2D eigenvalue weighted by Crippen LogP contribution is -3.00. The number of halogens is 3. The van der Waals surface area contributed by atoms with Crippen LogP contribution >= 0.6 is 27.5 Å². The summed E-state index contributed by atoms with van der Waals surface area (Å²) in [7, 11) is 1.87. The number of carbonyl (C=O) groups is 2. The Morgan fingerprint density at radius 3 is 2.21 bits per heavy atom. The molecule has 0 bridgehead atoms. The molecule has 3 rings (SSSR count). The molecule has 2 amide bonds. The monoisotopic (exact) mass is 668 g/mol. The Hall–Kier alpha value is -1.53. The molecule has 8 nitrogen and oxygen atoms in total. The lowest BCUT2D eigenvalue weighted by molar-refractivity contribution is -0.669. The number of amides is 2. The number of nitrogens with one attached hydrogen (secondary N) is 2. The standard InChI is InChI=1S/C23H30BrClN4O4.HI/c1-13(2)26-22(30)32-11-16-17(12-33-23(31)27-14(3)4)20(29-8-6-7-19(16)29)15-9-18(24)21(25)28(5)10-15;/h9-10,13-14H,6-8,11-12H2,1-5H3,(H-,26,27,30,31);1H. The first kappa shape index (κ1) is 28.7. The minimum absolute atomic E-state index is 0. The minimum Gasteiger partial charge on any atom is -1.00 e. The van der Waals surface area contributed by atoms with E-state index >= 15 is 0 Å². The molecule has 0 radical (unpaired) electrons. The van der Waals surface area contributed by atoms with Crippen LogP contribution in [0.1, 0.15) is 50.9 Å². The van der Waals surface area contributed by atoms with Gasteiger partial charge in [-0.2, -0.15) is 4.57 Å². The van der Waals surface area contributed by atoms with Crippen LogP contribution in [0.2, 0.25) is 5.15 Å². The summed E-state index contributed by atoms with van der Waals surface area (Å²) in [6, 6.07) is 1.89. The van der Waals surface area contributed by atoms with Crippen molar-refractivity contribution in [3.8, 4) is 11.3 Å². The maximum absolute atomic E-state index is 12.2. The Bertz CT molecular complexity index is 1040. The first-order chi connectivity index (χ1) is 15.6. The van der Waals surface area contributed by atoms with Gasteiger partial charge in [-0.05, 0) is 74.1 Å². The van der Waals surface area contributed by atoms with Gasteiger partial charge in [0.05, 0.1) is 11.3 Å². The predicted molar refractivity (Wildman–Crippen MR) is 129 cm³/mol. The van der Waals surface area contributed by atoms with Crippen molar-refractivity contribution in [2.75, 3.05) is 0 Å². The SMILES string of the molecule is CC(C)NC(=O)OCc1c(COC(=O)NC(C)C)c(-c2cc(Br)c(Cl)[n+](C)c2)n2c1CCC2.[I-]. The lowest BCUT2D eigenvalue weighted by atomic mass is 10.0. The third-order valence-corrected chi connectivity index (χ3v) is 6.60. The number of aryl methyl sites for hydroxylation is 1. The largest absolute Gasteiger partial charge is 1.00 e. The van der Waals surface area contributed by atoms with E-state index in [0.717, 1.165) is 51.9 Å². The van der Waals surface area contributed by atoms with Gasteiger partial charge < -0.3 is 48.7 Å². The van der Waals surface area contributed by atoms with Gasteiger partial charge in [-0.25, -0.2) is 9.59 Å². The second-order valence-electron chi connectivity index (χ2n) is 8.74. The Labute approximate surface area is 230 Å². The number of carbonyl (C=O) groups excluding carboxylic acids is 2. The third kappa shape index (κ3) is 6.78. The highest BCUT2D eigenvalue weighted by atomic mass is 127. The molecule has 11 heteroatoms. The zero-order chi connectivity index (χ0) is 24.3. The van der Waals surface area contributed by atoms with Crippen molar-refractivity contribution in [1.29, 1.82) is 0 Å². The van der Waals surface area contributed by atoms with Crippen molar-refractivity contribution in [3.63, 3.8) is 0 Å². The summed E-state index contributed by atoms with van der Waals surface area (Å²) in [6.45, 7) is 8.48. The molecule has 0 atom stereocenters. The molecule has 1 aliphatic rings. The molecule has 0 unspecified atom stereocenters. The summed E-state index contributed by atoms with van der Waals surface area (Å²) in [6.07, 6.45) is 2.83. The lowest BCUT2D eigenvalue weighted by Gasteiger charge is -2.14. The number of nitrogens with zero attached hydrogens (tertiary/aromatic N) is 2. The number of alkyl carbamates (subject to hydrolysis) is 2. The van der Waals surface area contributed by atoms with Gasteiger partial charge in [0, 0.05) is 35.4 Å². The van der Waals surface area contributed by atoms with Crippen molar-refractivity contribution >= 4 is 39.7 Å². The van der Waals surface area contributed by atoms with E-state index < -0.39 is 12.2 Å². The molecule has 0 aliphatic carbocycles. The number of hydrogen-bond donors (Lipinski definition) is 2.